The molecule has 0 saturated heterocycles. The molecule has 0 aliphatic heterocycles. The lowest BCUT2D eigenvalue weighted by Gasteiger charge is -2.13. The average molecular weight is 374 g/mol. The largest absolute Gasteiger partial charge is 0.388 e. The first kappa shape index (κ1) is 14.5. The van der Waals surface area contributed by atoms with Crippen LogP contribution in [-0.4, -0.2) is 14.9 Å². The van der Waals surface area contributed by atoms with Crippen molar-refractivity contribution in [2.75, 3.05) is 0 Å². The Morgan fingerprint density at radius 2 is 2.16 bits per heavy atom. The van der Waals surface area contributed by atoms with Crippen molar-refractivity contribution in [1.82, 2.24) is 9.78 Å². The van der Waals surface area contributed by atoms with Gasteiger partial charge in [-0.3, -0.25) is 4.68 Å². The van der Waals surface area contributed by atoms with Crippen molar-refractivity contribution >= 4 is 22.6 Å². The second-order valence-electron chi connectivity index (χ2n) is 4.49. The second kappa shape index (κ2) is 6.00. The number of aliphatic hydroxyl groups excluding tert-OH is 1. The average Bonchev–Trinajstić information content (AvgIpc) is 2.70. The summed E-state index contributed by atoms with van der Waals surface area (Å²) in [6.45, 7) is 2.05. The number of hydrogen-bond donors (Lipinski definition) is 1. The zero-order valence-corrected chi connectivity index (χ0v) is 13.1. The van der Waals surface area contributed by atoms with E-state index in [2.05, 4.69) is 5.10 Å². The highest BCUT2D eigenvalue weighted by atomic mass is 127. The maximum Gasteiger partial charge on any atom is 0.124 e. The quantitative estimate of drug-likeness (QED) is 0.836. The molecule has 3 nitrogen and oxygen atoms in total. The summed E-state index contributed by atoms with van der Waals surface area (Å²) >= 11 is 2.04. The second-order valence-corrected chi connectivity index (χ2v) is 5.65. The fraction of sp³-hybridized carbons (Fsp3) is 0.357. The maximum atomic E-state index is 13.1. The monoisotopic (exact) mass is 374 g/mol. The fourth-order valence-electron chi connectivity index (χ4n) is 2.02. The molecule has 1 N–H and O–H groups in total. The summed E-state index contributed by atoms with van der Waals surface area (Å²) in [5.41, 5.74) is 2.74. The van der Waals surface area contributed by atoms with Crippen LogP contribution in [0.2, 0.25) is 0 Å². The first-order chi connectivity index (χ1) is 9.01. The summed E-state index contributed by atoms with van der Waals surface area (Å²) in [4.78, 5) is 0. The van der Waals surface area contributed by atoms with Crippen LogP contribution < -0.4 is 0 Å². The number of aliphatic hydroxyl groups is 1. The molecule has 2 aromatic rings. The molecule has 19 heavy (non-hydrogen) atoms. The van der Waals surface area contributed by atoms with E-state index in [4.69, 9.17) is 0 Å². The highest BCUT2D eigenvalue weighted by Gasteiger charge is 2.15. The van der Waals surface area contributed by atoms with Crippen LogP contribution >= 0.6 is 22.6 Å². The Morgan fingerprint density at radius 1 is 1.42 bits per heavy atom. The van der Waals surface area contributed by atoms with E-state index in [0.717, 1.165) is 26.9 Å². The van der Waals surface area contributed by atoms with Gasteiger partial charge in [0.05, 0.1) is 11.8 Å². The number of aromatic nitrogens is 2. The van der Waals surface area contributed by atoms with Crippen molar-refractivity contribution in [3.05, 3.63) is 50.6 Å². The molecule has 1 heterocycles. The van der Waals surface area contributed by atoms with Gasteiger partial charge in [-0.1, -0.05) is 13.0 Å². The number of rotatable bonds is 4. The zero-order chi connectivity index (χ0) is 14.0. The van der Waals surface area contributed by atoms with Crippen molar-refractivity contribution in [1.29, 1.82) is 0 Å². The summed E-state index contributed by atoms with van der Waals surface area (Å²) in [7, 11) is 1.87. The molecule has 1 unspecified atom stereocenters. The van der Waals surface area contributed by atoms with Gasteiger partial charge in [0, 0.05) is 22.7 Å². The Hall–Kier alpha value is -0.950. The molecule has 0 aliphatic carbocycles. The molecule has 0 aliphatic rings. The molecule has 0 bridgehead atoms. The lowest BCUT2D eigenvalue weighted by atomic mass is 10.0. The molecule has 5 heteroatoms. The van der Waals surface area contributed by atoms with Crippen molar-refractivity contribution in [3.8, 4) is 0 Å². The predicted molar refractivity (Wildman–Crippen MR) is 80.4 cm³/mol. The summed E-state index contributed by atoms with van der Waals surface area (Å²) in [6, 6.07) is 6.44. The summed E-state index contributed by atoms with van der Waals surface area (Å²) in [6.07, 6.45) is 0.705. The molecule has 0 radical (unpaired) electrons. The Balaban J connectivity index is 2.20. The van der Waals surface area contributed by atoms with Gasteiger partial charge in [-0.25, -0.2) is 4.39 Å². The fourth-order valence-corrected chi connectivity index (χ4v) is 2.85. The van der Waals surface area contributed by atoms with Crippen LogP contribution in [0.5, 0.6) is 0 Å². The standard InChI is InChI=1S/C14H16FIN2O/c1-3-10-7-11(18(2)17-10)8-14(19)12-5-4-9(15)6-13(12)16/h4-7,14,19H,3,8H2,1-2H3. The van der Waals surface area contributed by atoms with Gasteiger partial charge in [-0.2, -0.15) is 5.10 Å². The van der Waals surface area contributed by atoms with Gasteiger partial charge in [-0.15, -0.1) is 0 Å². The number of halogens is 2. The van der Waals surface area contributed by atoms with Gasteiger partial charge in [0.1, 0.15) is 5.82 Å². The summed E-state index contributed by atoms with van der Waals surface area (Å²) in [5.74, 6) is -0.283. The predicted octanol–water partition coefficient (Wildman–Crippen LogP) is 3.00. The van der Waals surface area contributed by atoms with Crippen molar-refractivity contribution in [3.63, 3.8) is 0 Å². The van der Waals surface area contributed by atoms with Gasteiger partial charge in [0.2, 0.25) is 0 Å². The lowest BCUT2D eigenvalue weighted by Crippen LogP contribution is -2.08. The summed E-state index contributed by atoms with van der Waals surface area (Å²) in [5, 5.41) is 14.6. The first-order valence-electron chi connectivity index (χ1n) is 6.16. The Morgan fingerprint density at radius 3 is 2.74 bits per heavy atom. The van der Waals surface area contributed by atoms with Gasteiger partial charge in [0.25, 0.3) is 0 Å². The van der Waals surface area contributed by atoms with Crippen LogP contribution in [0.3, 0.4) is 0 Å². The molecule has 1 aromatic heterocycles. The molecule has 0 saturated carbocycles. The molecular weight excluding hydrogens is 358 g/mol. The van der Waals surface area contributed by atoms with E-state index in [9.17, 15) is 9.50 Å². The van der Waals surface area contributed by atoms with Crippen molar-refractivity contribution in [2.24, 2.45) is 7.05 Å². The van der Waals surface area contributed by atoms with E-state index < -0.39 is 6.10 Å². The van der Waals surface area contributed by atoms with E-state index in [1.54, 1.807) is 10.7 Å². The summed E-state index contributed by atoms with van der Waals surface area (Å²) < 4.78 is 15.6. The van der Waals surface area contributed by atoms with Crippen LogP contribution in [-0.2, 0) is 19.9 Å². The smallest absolute Gasteiger partial charge is 0.124 e. The SMILES string of the molecule is CCc1cc(CC(O)c2ccc(F)cc2I)n(C)n1. The normalized spacial score (nSPS) is 12.7. The minimum Gasteiger partial charge on any atom is -0.388 e. The molecule has 2 rings (SSSR count). The molecule has 1 atom stereocenters. The Kier molecular flexibility index (Phi) is 4.57. The third kappa shape index (κ3) is 3.33. The van der Waals surface area contributed by atoms with Crippen LogP contribution in [0.25, 0.3) is 0 Å². The highest BCUT2D eigenvalue weighted by Crippen LogP contribution is 2.24. The maximum absolute atomic E-state index is 13.1. The van der Waals surface area contributed by atoms with E-state index in [-0.39, 0.29) is 5.82 Å². The number of benzene rings is 1. The Labute approximate surface area is 125 Å². The highest BCUT2D eigenvalue weighted by molar-refractivity contribution is 14.1. The van der Waals surface area contributed by atoms with E-state index >= 15 is 0 Å². The molecule has 0 spiro atoms. The van der Waals surface area contributed by atoms with E-state index in [0.29, 0.717) is 6.42 Å². The molecule has 0 fully saturated rings. The molecule has 1 aromatic carbocycles. The van der Waals surface area contributed by atoms with E-state index in [1.807, 2.05) is 42.6 Å². The third-order valence-corrected chi connectivity index (χ3v) is 4.05. The van der Waals surface area contributed by atoms with Crippen LogP contribution in [0, 0.1) is 9.39 Å². The lowest BCUT2D eigenvalue weighted by molar-refractivity contribution is 0.175. The van der Waals surface area contributed by atoms with Gasteiger partial charge in [0.15, 0.2) is 0 Å². The molecule has 0 amide bonds. The van der Waals surface area contributed by atoms with Gasteiger partial charge in [-0.05, 0) is 52.8 Å². The number of aryl methyl sites for hydroxylation is 2. The van der Waals surface area contributed by atoms with Crippen molar-refractivity contribution in [2.45, 2.75) is 25.9 Å². The van der Waals surface area contributed by atoms with Gasteiger partial charge < -0.3 is 5.11 Å². The Bertz CT molecular complexity index is 583. The van der Waals surface area contributed by atoms with Crippen LogP contribution in [0.4, 0.5) is 4.39 Å². The van der Waals surface area contributed by atoms with Crippen LogP contribution in [0.15, 0.2) is 24.3 Å². The number of hydrogen-bond acceptors (Lipinski definition) is 2. The topological polar surface area (TPSA) is 38.0 Å². The minimum atomic E-state index is -0.646. The molecular formula is C14H16FIN2O. The van der Waals surface area contributed by atoms with Gasteiger partial charge >= 0.3 is 0 Å². The first-order valence-corrected chi connectivity index (χ1v) is 7.24. The third-order valence-electron chi connectivity index (χ3n) is 3.11. The molecule has 102 valence electrons. The van der Waals surface area contributed by atoms with Crippen molar-refractivity contribution < 1.29 is 9.50 Å². The van der Waals surface area contributed by atoms with E-state index in [1.165, 1.54) is 12.1 Å². The zero-order valence-electron chi connectivity index (χ0n) is 10.9. The number of nitrogens with zero attached hydrogens (tertiary/aromatic N) is 2. The minimum absolute atomic E-state index is 0.283. The van der Waals surface area contributed by atoms with Crippen LogP contribution in [0.1, 0.15) is 30.0 Å².